The standard InChI is InChI=1S/C14H20N6O/c1-11-17-14(21-18-11)9-20-7-4-12(5-8-20)19(2)13-3-6-15-10-16-13/h3,6,10,12H,4-5,7-9H2,1-2H3. The fourth-order valence-corrected chi connectivity index (χ4v) is 2.74. The first-order chi connectivity index (χ1) is 10.2. The van der Waals surface area contributed by atoms with Crippen LogP contribution >= 0.6 is 0 Å². The number of hydrogen-bond donors (Lipinski definition) is 0. The van der Waals surface area contributed by atoms with E-state index in [1.165, 1.54) is 0 Å². The van der Waals surface area contributed by atoms with E-state index in [0.717, 1.165) is 38.3 Å². The molecule has 0 atom stereocenters. The van der Waals surface area contributed by atoms with Crippen molar-refractivity contribution in [3.8, 4) is 0 Å². The molecule has 0 unspecified atom stereocenters. The largest absolute Gasteiger partial charge is 0.356 e. The van der Waals surface area contributed by atoms with Gasteiger partial charge in [-0.15, -0.1) is 0 Å². The molecule has 0 amide bonds. The maximum Gasteiger partial charge on any atom is 0.240 e. The maximum absolute atomic E-state index is 5.18. The molecule has 0 radical (unpaired) electrons. The topological polar surface area (TPSA) is 71.2 Å². The molecule has 1 aliphatic rings. The first-order valence-electron chi connectivity index (χ1n) is 7.23. The third-order valence-electron chi connectivity index (χ3n) is 3.96. The van der Waals surface area contributed by atoms with Crippen molar-refractivity contribution in [3.63, 3.8) is 0 Å². The summed E-state index contributed by atoms with van der Waals surface area (Å²) < 4.78 is 5.18. The third kappa shape index (κ3) is 3.36. The molecule has 1 saturated heterocycles. The quantitative estimate of drug-likeness (QED) is 0.839. The first kappa shape index (κ1) is 13.9. The minimum Gasteiger partial charge on any atom is -0.356 e. The number of likely N-dealkylation sites (tertiary alicyclic amines) is 1. The van der Waals surface area contributed by atoms with E-state index in [2.05, 4.69) is 37.0 Å². The lowest BCUT2D eigenvalue weighted by Crippen LogP contribution is -2.43. The summed E-state index contributed by atoms with van der Waals surface area (Å²) in [4.78, 5) is 17.1. The summed E-state index contributed by atoms with van der Waals surface area (Å²) in [6, 6.07) is 2.47. The Bertz CT molecular complexity index is 564. The molecule has 0 aliphatic carbocycles. The zero-order valence-corrected chi connectivity index (χ0v) is 12.4. The fraction of sp³-hybridized carbons (Fsp3) is 0.571. The van der Waals surface area contributed by atoms with Crippen molar-refractivity contribution in [2.45, 2.75) is 32.4 Å². The number of piperidine rings is 1. The normalized spacial score (nSPS) is 17.0. The Morgan fingerprint density at radius 1 is 1.38 bits per heavy atom. The van der Waals surface area contributed by atoms with Gasteiger partial charge < -0.3 is 9.42 Å². The van der Waals surface area contributed by atoms with Gasteiger partial charge in [-0.25, -0.2) is 9.97 Å². The molecule has 3 rings (SSSR count). The van der Waals surface area contributed by atoms with Gasteiger partial charge in [-0.05, 0) is 25.8 Å². The van der Waals surface area contributed by atoms with Gasteiger partial charge in [0.05, 0.1) is 6.54 Å². The van der Waals surface area contributed by atoms with Crippen LogP contribution in [0.5, 0.6) is 0 Å². The van der Waals surface area contributed by atoms with Crippen molar-refractivity contribution in [1.29, 1.82) is 0 Å². The van der Waals surface area contributed by atoms with Gasteiger partial charge in [0.1, 0.15) is 12.1 Å². The van der Waals surface area contributed by atoms with Crippen molar-refractivity contribution in [3.05, 3.63) is 30.3 Å². The summed E-state index contributed by atoms with van der Waals surface area (Å²) >= 11 is 0. The second kappa shape index (κ2) is 6.17. The van der Waals surface area contributed by atoms with Crippen LogP contribution in [-0.4, -0.2) is 51.2 Å². The Labute approximate surface area is 124 Å². The molecule has 0 bridgehead atoms. The monoisotopic (exact) mass is 288 g/mol. The van der Waals surface area contributed by atoms with Crippen LogP contribution in [-0.2, 0) is 6.54 Å². The van der Waals surface area contributed by atoms with Crippen LogP contribution < -0.4 is 4.90 Å². The predicted octanol–water partition coefficient (Wildman–Crippen LogP) is 1.27. The summed E-state index contributed by atoms with van der Waals surface area (Å²) in [5.41, 5.74) is 0. The molecule has 2 aromatic rings. The summed E-state index contributed by atoms with van der Waals surface area (Å²) in [6.45, 7) is 4.64. The molecule has 3 heterocycles. The highest BCUT2D eigenvalue weighted by molar-refractivity contribution is 5.36. The lowest BCUT2D eigenvalue weighted by molar-refractivity contribution is 0.180. The molecular weight excluding hydrogens is 268 g/mol. The van der Waals surface area contributed by atoms with Crippen molar-refractivity contribution in [2.24, 2.45) is 0 Å². The lowest BCUT2D eigenvalue weighted by atomic mass is 10.0. The van der Waals surface area contributed by atoms with Gasteiger partial charge in [-0.1, -0.05) is 5.16 Å². The molecule has 7 nitrogen and oxygen atoms in total. The van der Waals surface area contributed by atoms with Crippen LogP contribution in [0.2, 0.25) is 0 Å². The smallest absolute Gasteiger partial charge is 0.240 e. The zero-order chi connectivity index (χ0) is 14.7. The Morgan fingerprint density at radius 3 is 2.81 bits per heavy atom. The van der Waals surface area contributed by atoms with E-state index in [1.54, 1.807) is 12.5 Å². The first-order valence-corrected chi connectivity index (χ1v) is 7.23. The Hall–Kier alpha value is -2.02. The predicted molar refractivity (Wildman–Crippen MR) is 77.8 cm³/mol. The highest BCUT2D eigenvalue weighted by Crippen LogP contribution is 2.20. The molecular formula is C14H20N6O. The van der Waals surface area contributed by atoms with Crippen molar-refractivity contribution in [1.82, 2.24) is 25.0 Å². The van der Waals surface area contributed by atoms with Crippen LogP contribution in [0, 0.1) is 6.92 Å². The number of aryl methyl sites for hydroxylation is 1. The molecule has 0 aromatic carbocycles. The Balaban J connectivity index is 1.53. The summed E-state index contributed by atoms with van der Waals surface area (Å²) in [6.07, 6.45) is 5.59. The second-order valence-corrected chi connectivity index (χ2v) is 5.42. The molecule has 1 aliphatic heterocycles. The highest BCUT2D eigenvalue weighted by Gasteiger charge is 2.24. The van der Waals surface area contributed by atoms with Crippen LogP contribution in [0.1, 0.15) is 24.6 Å². The van der Waals surface area contributed by atoms with Gasteiger partial charge in [-0.3, -0.25) is 4.90 Å². The molecule has 112 valence electrons. The van der Waals surface area contributed by atoms with E-state index >= 15 is 0 Å². The van der Waals surface area contributed by atoms with Gasteiger partial charge in [0.25, 0.3) is 0 Å². The van der Waals surface area contributed by atoms with Crippen LogP contribution in [0.15, 0.2) is 23.1 Å². The summed E-state index contributed by atoms with van der Waals surface area (Å²) in [7, 11) is 2.10. The zero-order valence-electron chi connectivity index (χ0n) is 12.4. The van der Waals surface area contributed by atoms with E-state index in [-0.39, 0.29) is 0 Å². The van der Waals surface area contributed by atoms with E-state index in [9.17, 15) is 0 Å². The van der Waals surface area contributed by atoms with Gasteiger partial charge in [-0.2, -0.15) is 4.98 Å². The second-order valence-electron chi connectivity index (χ2n) is 5.42. The summed E-state index contributed by atoms with van der Waals surface area (Å²) in [5, 5.41) is 3.83. The molecule has 2 aromatic heterocycles. The van der Waals surface area contributed by atoms with E-state index in [0.29, 0.717) is 17.8 Å². The number of anilines is 1. The fourth-order valence-electron chi connectivity index (χ4n) is 2.74. The van der Waals surface area contributed by atoms with E-state index < -0.39 is 0 Å². The van der Waals surface area contributed by atoms with Gasteiger partial charge in [0.2, 0.25) is 5.89 Å². The molecule has 0 N–H and O–H groups in total. The van der Waals surface area contributed by atoms with Gasteiger partial charge >= 0.3 is 0 Å². The third-order valence-corrected chi connectivity index (χ3v) is 3.96. The number of hydrogen-bond acceptors (Lipinski definition) is 7. The summed E-state index contributed by atoms with van der Waals surface area (Å²) in [5.74, 6) is 2.38. The molecule has 7 heteroatoms. The Kier molecular flexibility index (Phi) is 4.10. The number of nitrogens with zero attached hydrogens (tertiary/aromatic N) is 6. The molecule has 0 saturated carbocycles. The lowest BCUT2D eigenvalue weighted by Gasteiger charge is -2.36. The van der Waals surface area contributed by atoms with Crippen molar-refractivity contribution >= 4 is 5.82 Å². The van der Waals surface area contributed by atoms with Crippen LogP contribution in [0.3, 0.4) is 0 Å². The van der Waals surface area contributed by atoms with E-state index in [4.69, 9.17) is 4.52 Å². The van der Waals surface area contributed by atoms with Gasteiger partial charge in [0, 0.05) is 32.4 Å². The SMILES string of the molecule is Cc1noc(CN2CCC(N(C)c3ccncn3)CC2)n1. The van der Waals surface area contributed by atoms with Crippen molar-refractivity contribution < 1.29 is 4.52 Å². The minimum atomic E-state index is 0.514. The van der Waals surface area contributed by atoms with E-state index in [1.807, 2.05) is 13.0 Å². The number of aromatic nitrogens is 4. The molecule has 0 spiro atoms. The highest BCUT2D eigenvalue weighted by atomic mass is 16.5. The average molecular weight is 288 g/mol. The average Bonchev–Trinajstić information content (AvgIpc) is 2.93. The molecule has 1 fully saturated rings. The van der Waals surface area contributed by atoms with Crippen LogP contribution in [0.25, 0.3) is 0 Å². The van der Waals surface area contributed by atoms with Gasteiger partial charge in [0.15, 0.2) is 5.82 Å². The number of rotatable bonds is 4. The molecule has 21 heavy (non-hydrogen) atoms. The Morgan fingerprint density at radius 2 is 2.19 bits per heavy atom. The van der Waals surface area contributed by atoms with Crippen LogP contribution in [0.4, 0.5) is 5.82 Å². The minimum absolute atomic E-state index is 0.514. The van der Waals surface area contributed by atoms with Crippen molar-refractivity contribution in [2.75, 3.05) is 25.0 Å². The maximum atomic E-state index is 5.18.